The molecule has 2 heterocycles. The van der Waals surface area contributed by atoms with Gasteiger partial charge in [-0.05, 0) is 38.0 Å². The maximum absolute atomic E-state index is 13.8. The van der Waals surface area contributed by atoms with Crippen LogP contribution in [0.4, 0.5) is 0 Å². The number of carbonyl (C=O) groups excluding carboxylic acids is 1. The van der Waals surface area contributed by atoms with Crippen molar-refractivity contribution < 1.29 is 14.3 Å². The monoisotopic (exact) mass is 488 g/mol. The van der Waals surface area contributed by atoms with Gasteiger partial charge in [-0.15, -0.1) is 0 Å². The number of hydrogen-bond acceptors (Lipinski definition) is 5. The number of methoxy groups -OCH3 is 1. The van der Waals surface area contributed by atoms with Gasteiger partial charge < -0.3 is 19.4 Å². The molecule has 3 aromatic rings. The van der Waals surface area contributed by atoms with Gasteiger partial charge in [0, 0.05) is 25.6 Å². The summed E-state index contributed by atoms with van der Waals surface area (Å²) in [5.41, 5.74) is 1.32. The molecule has 184 valence electrons. The van der Waals surface area contributed by atoms with Crippen molar-refractivity contribution >= 4 is 28.5 Å². The Labute approximate surface area is 204 Å². The van der Waals surface area contributed by atoms with E-state index in [0.717, 1.165) is 5.56 Å². The Morgan fingerprint density at radius 1 is 1.26 bits per heavy atom. The van der Waals surface area contributed by atoms with Gasteiger partial charge in [0.15, 0.2) is 17.1 Å². The fourth-order valence-electron chi connectivity index (χ4n) is 3.98. The van der Waals surface area contributed by atoms with Crippen molar-refractivity contribution in [2.24, 2.45) is 7.05 Å². The molecule has 3 rings (SSSR count). The number of carbonyl (C=O) groups is 1. The van der Waals surface area contributed by atoms with Crippen LogP contribution in [0.2, 0.25) is 5.02 Å². The SMILES string of the molecule is CCc1nc2c(c(OC(C)C)c(C(=O)NC(CC)COC)n2C)c(=O)n1Cc1cccc(Cl)c1. The predicted octanol–water partition coefficient (Wildman–Crippen LogP) is 3.94. The molecule has 0 radical (unpaired) electrons. The highest BCUT2D eigenvalue weighted by Crippen LogP contribution is 2.31. The lowest BCUT2D eigenvalue weighted by Gasteiger charge is -2.17. The summed E-state index contributed by atoms with van der Waals surface area (Å²) in [6.45, 7) is 8.34. The average molecular weight is 489 g/mol. The van der Waals surface area contributed by atoms with Crippen LogP contribution in [0, 0.1) is 0 Å². The van der Waals surface area contributed by atoms with Gasteiger partial charge in [0.05, 0.1) is 25.3 Å². The lowest BCUT2D eigenvalue weighted by molar-refractivity contribution is 0.0881. The Bertz CT molecular complexity index is 1230. The summed E-state index contributed by atoms with van der Waals surface area (Å²) in [6, 6.07) is 7.22. The van der Waals surface area contributed by atoms with Gasteiger partial charge in [0.2, 0.25) is 0 Å². The van der Waals surface area contributed by atoms with Gasteiger partial charge >= 0.3 is 0 Å². The maximum atomic E-state index is 13.8. The van der Waals surface area contributed by atoms with E-state index in [0.29, 0.717) is 47.9 Å². The summed E-state index contributed by atoms with van der Waals surface area (Å²) in [5.74, 6) is 0.531. The molecule has 0 fully saturated rings. The zero-order valence-corrected chi connectivity index (χ0v) is 21.4. The lowest BCUT2D eigenvalue weighted by Crippen LogP contribution is -2.38. The third kappa shape index (κ3) is 5.28. The zero-order valence-electron chi connectivity index (χ0n) is 20.6. The van der Waals surface area contributed by atoms with Crippen molar-refractivity contribution in [2.45, 2.75) is 59.2 Å². The molecule has 2 aromatic heterocycles. The first-order valence-electron chi connectivity index (χ1n) is 11.5. The van der Waals surface area contributed by atoms with E-state index in [-0.39, 0.29) is 35.1 Å². The standard InChI is InChI=1S/C25H33ClN4O4/c1-7-18(14-33-6)27-24(31)21-22(34-15(3)4)20-23(29(21)5)28-19(8-2)30(25(20)32)13-16-10-9-11-17(26)12-16/h9-12,15,18H,7-8,13-14H2,1-6H3,(H,27,31). The van der Waals surface area contributed by atoms with E-state index >= 15 is 0 Å². The Kier molecular flexibility index (Phi) is 8.38. The number of nitrogens with zero attached hydrogens (tertiary/aromatic N) is 3. The van der Waals surface area contributed by atoms with Crippen LogP contribution >= 0.6 is 11.6 Å². The van der Waals surface area contributed by atoms with Crippen molar-refractivity contribution in [1.82, 2.24) is 19.4 Å². The van der Waals surface area contributed by atoms with Crippen LogP contribution in [-0.4, -0.2) is 45.9 Å². The first-order valence-corrected chi connectivity index (χ1v) is 11.9. The number of aromatic nitrogens is 3. The molecule has 0 aliphatic heterocycles. The van der Waals surface area contributed by atoms with Crippen LogP contribution in [-0.2, 0) is 24.8 Å². The molecule has 1 N–H and O–H groups in total. The lowest BCUT2D eigenvalue weighted by atomic mass is 10.2. The van der Waals surface area contributed by atoms with Gasteiger partial charge in [-0.1, -0.05) is 37.6 Å². The highest BCUT2D eigenvalue weighted by atomic mass is 35.5. The van der Waals surface area contributed by atoms with Crippen molar-refractivity contribution in [1.29, 1.82) is 0 Å². The van der Waals surface area contributed by atoms with Crippen molar-refractivity contribution in [3.05, 3.63) is 56.7 Å². The molecule has 9 heteroatoms. The minimum absolute atomic E-state index is 0.166. The summed E-state index contributed by atoms with van der Waals surface area (Å²) >= 11 is 6.16. The van der Waals surface area contributed by atoms with E-state index in [1.165, 1.54) is 0 Å². The number of ether oxygens (including phenoxy) is 2. The third-order valence-corrected chi connectivity index (χ3v) is 5.87. The minimum atomic E-state index is -0.334. The van der Waals surface area contributed by atoms with Crippen LogP contribution < -0.4 is 15.6 Å². The van der Waals surface area contributed by atoms with Crippen LogP contribution in [0.15, 0.2) is 29.1 Å². The normalized spacial score (nSPS) is 12.4. The van der Waals surface area contributed by atoms with Crippen molar-refractivity contribution in [3.63, 3.8) is 0 Å². The second kappa shape index (κ2) is 11.1. The molecule has 0 bridgehead atoms. The largest absolute Gasteiger partial charge is 0.488 e. The summed E-state index contributed by atoms with van der Waals surface area (Å²) in [5, 5.41) is 3.88. The number of aryl methyl sites for hydroxylation is 2. The molecular weight excluding hydrogens is 456 g/mol. The number of benzene rings is 1. The van der Waals surface area contributed by atoms with E-state index in [1.807, 2.05) is 45.9 Å². The summed E-state index contributed by atoms with van der Waals surface area (Å²) in [6.07, 6.45) is 1.00. The second-order valence-corrected chi connectivity index (χ2v) is 8.98. The Hall–Kier alpha value is -2.84. The fraction of sp³-hybridized carbons (Fsp3) is 0.480. The van der Waals surface area contributed by atoms with Crippen LogP contribution in [0.5, 0.6) is 5.75 Å². The molecule has 0 aliphatic carbocycles. The summed E-state index contributed by atoms with van der Waals surface area (Å²) in [4.78, 5) is 31.9. The highest BCUT2D eigenvalue weighted by Gasteiger charge is 2.29. The fourth-order valence-corrected chi connectivity index (χ4v) is 4.19. The number of halogens is 1. The Morgan fingerprint density at radius 2 is 2.00 bits per heavy atom. The molecule has 0 spiro atoms. The number of nitrogens with one attached hydrogen (secondary N) is 1. The number of amides is 1. The van der Waals surface area contributed by atoms with Gasteiger partial charge in [0.25, 0.3) is 11.5 Å². The van der Waals surface area contributed by atoms with E-state index in [9.17, 15) is 9.59 Å². The second-order valence-electron chi connectivity index (χ2n) is 8.54. The van der Waals surface area contributed by atoms with Crippen molar-refractivity contribution in [2.75, 3.05) is 13.7 Å². The molecule has 1 atom stereocenters. The Morgan fingerprint density at radius 3 is 2.59 bits per heavy atom. The highest BCUT2D eigenvalue weighted by molar-refractivity contribution is 6.30. The zero-order chi connectivity index (χ0) is 25.0. The molecule has 0 aliphatic rings. The molecule has 0 saturated carbocycles. The van der Waals surface area contributed by atoms with Gasteiger partial charge in [-0.25, -0.2) is 4.98 Å². The van der Waals surface area contributed by atoms with Crippen molar-refractivity contribution in [3.8, 4) is 5.75 Å². The van der Waals surface area contributed by atoms with Crippen LogP contribution in [0.3, 0.4) is 0 Å². The molecule has 1 unspecified atom stereocenters. The quantitative estimate of drug-likeness (QED) is 0.467. The molecule has 34 heavy (non-hydrogen) atoms. The minimum Gasteiger partial charge on any atom is -0.488 e. The average Bonchev–Trinajstić information content (AvgIpc) is 3.05. The van der Waals surface area contributed by atoms with E-state index in [1.54, 1.807) is 29.4 Å². The number of hydrogen-bond donors (Lipinski definition) is 1. The van der Waals surface area contributed by atoms with Gasteiger partial charge in [-0.2, -0.15) is 0 Å². The predicted molar refractivity (Wildman–Crippen MR) is 134 cm³/mol. The molecule has 1 amide bonds. The van der Waals surface area contributed by atoms with Crippen LogP contribution in [0.25, 0.3) is 11.0 Å². The third-order valence-electron chi connectivity index (χ3n) is 5.63. The van der Waals surface area contributed by atoms with E-state index in [4.69, 9.17) is 26.1 Å². The molecule has 1 aromatic carbocycles. The smallest absolute Gasteiger partial charge is 0.272 e. The molecule has 8 nitrogen and oxygen atoms in total. The first kappa shape index (κ1) is 25.8. The maximum Gasteiger partial charge on any atom is 0.272 e. The molecule has 0 saturated heterocycles. The summed E-state index contributed by atoms with van der Waals surface area (Å²) < 4.78 is 14.6. The summed E-state index contributed by atoms with van der Waals surface area (Å²) in [7, 11) is 3.33. The van der Waals surface area contributed by atoms with Gasteiger partial charge in [0.1, 0.15) is 11.2 Å². The number of rotatable bonds is 10. The topological polar surface area (TPSA) is 87.4 Å². The molecular formula is C25H33ClN4O4. The van der Waals surface area contributed by atoms with Gasteiger partial charge in [-0.3, -0.25) is 14.2 Å². The van der Waals surface area contributed by atoms with E-state index in [2.05, 4.69) is 5.32 Å². The van der Waals surface area contributed by atoms with Crippen LogP contribution in [0.1, 0.15) is 56.0 Å². The number of fused-ring (bicyclic) bond motifs is 1. The first-order chi connectivity index (χ1) is 16.2. The van der Waals surface area contributed by atoms with E-state index < -0.39 is 0 Å². The Balaban J connectivity index is 2.22.